The van der Waals surface area contributed by atoms with E-state index in [1.165, 1.54) is 12.1 Å². The average Bonchev–Trinajstić information content (AvgIpc) is 2.58. The second-order valence-electron chi connectivity index (χ2n) is 5.61. The lowest BCUT2D eigenvalue weighted by Gasteiger charge is -2.17. The van der Waals surface area contributed by atoms with E-state index in [4.69, 9.17) is 4.74 Å². The highest BCUT2D eigenvalue weighted by Crippen LogP contribution is 2.31. The van der Waals surface area contributed by atoms with Crippen molar-refractivity contribution in [3.8, 4) is 5.75 Å². The average molecular weight is 335 g/mol. The van der Waals surface area contributed by atoms with Gasteiger partial charge in [-0.1, -0.05) is 25.6 Å². The Kier molecular flexibility index (Phi) is 5.54. The molecule has 0 amide bonds. The summed E-state index contributed by atoms with van der Waals surface area (Å²) in [5.74, 6) is 0.853. The maximum atomic E-state index is 12.6. The molecule has 128 valence electrons. The van der Waals surface area contributed by atoms with E-state index in [1.807, 2.05) is 31.2 Å². The monoisotopic (exact) mass is 335 g/mol. The number of nitrogens with one attached hydrogen (secondary N) is 1. The van der Waals surface area contributed by atoms with Crippen molar-refractivity contribution in [1.29, 1.82) is 0 Å². The van der Waals surface area contributed by atoms with Gasteiger partial charge >= 0.3 is 6.18 Å². The van der Waals surface area contributed by atoms with Crippen molar-refractivity contribution in [3.63, 3.8) is 0 Å². The first-order valence-electron chi connectivity index (χ1n) is 7.55. The fourth-order valence-corrected chi connectivity index (χ4v) is 2.26. The number of benzene rings is 2. The number of anilines is 1. The van der Waals surface area contributed by atoms with Crippen LogP contribution in [0.2, 0.25) is 0 Å². The first-order chi connectivity index (χ1) is 11.3. The van der Waals surface area contributed by atoms with Crippen molar-refractivity contribution in [2.24, 2.45) is 5.92 Å². The van der Waals surface area contributed by atoms with Crippen LogP contribution in [0.4, 0.5) is 18.9 Å². The third-order valence-electron chi connectivity index (χ3n) is 3.88. The molecule has 2 aromatic carbocycles. The highest BCUT2D eigenvalue weighted by molar-refractivity contribution is 5.66. The van der Waals surface area contributed by atoms with E-state index in [0.717, 1.165) is 29.1 Å². The summed E-state index contributed by atoms with van der Waals surface area (Å²) >= 11 is 0. The van der Waals surface area contributed by atoms with Gasteiger partial charge in [0, 0.05) is 12.2 Å². The van der Waals surface area contributed by atoms with Crippen molar-refractivity contribution in [2.45, 2.75) is 13.1 Å². The van der Waals surface area contributed by atoms with Gasteiger partial charge < -0.3 is 10.1 Å². The van der Waals surface area contributed by atoms with Gasteiger partial charge in [-0.05, 0) is 53.5 Å². The minimum Gasteiger partial charge on any atom is -0.497 e. The van der Waals surface area contributed by atoms with Crippen LogP contribution in [0.3, 0.4) is 0 Å². The van der Waals surface area contributed by atoms with Crippen LogP contribution in [-0.4, -0.2) is 13.7 Å². The van der Waals surface area contributed by atoms with E-state index in [0.29, 0.717) is 12.1 Å². The lowest BCUT2D eigenvalue weighted by atomic mass is 9.94. The summed E-state index contributed by atoms with van der Waals surface area (Å²) in [6.45, 7) is 6.63. The van der Waals surface area contributed by atoms with Crippen molar-refractivity contribution in [1.82, 2.24) is 0 Å². The molecule has 1 N–H and O–H groups in total. The minimum atomic E-state index is -4.32. The summed E-state index contributed by atoms with van der Waals surface area (Å²) in [7, 11) is 1.61. The Labute approximate surface area is 140 Å². The Morgan fingerprint density at radius 3 is 2.17 bits per heavy atom. The molecule has 0 aromatic heterocycles. The molecule has 0 aliphatic carbocycles. The van der Waals surface area contributed by atoms with Gasteiger partial charge in [0.2, 0.25) is 0 Å². The molecule has 24 heavy (non-hydrogen) atoms. The summed E-state index contributed by atoms with van der Waals surface area (Å²) in [5.41, 5.74) is 1.81. The molecule has 0 fully saturated rings. The number of methoxy groups -OCH3 is 1. The SMILES string of the molecule is C=C(c1ccc(C(F)(F)F)cc1)C(C)CNc1ccc(OC)cc1. The van der Waals surface area contributed by atoms with Crippen molar-refractivity contribution in [2.75, 3.05) is 19.0 Å². The molecule has 0 radical (unpaired) electrons. The summed E-state index contributed by atoms with van der Waals surface area (Å²) in [6, 6.07) is 12.6. The van der Waals surface area contributed by atoms with Gasteiger partial charge in [0.05, 0.1) is 12.7 Å². The van der Waals surface area contributed by atoms with E-state index in [-0.39, 0.29) is 5.92 Å². The third-order valence-corrected chi connectivity index (χ3v) is 3.88. The molecule has 1 atom stereocenters. The molecule has 0 saturated carbocycles. The van der Waals surface area contributed by atoms with Gasteiger partial charge in [-0.15, -0.1) is 0 Å². The van der Waals surface area contributed by atoms with E-state index in [9.17, 15) is 13.2 Å². The predicted octanol–water partition coefficient (Wildman–Crippen LogP) is 5.48. The van der Waals surface area contributed by atoms with Crippen LogP contribution in [0, 0.1) is 5.92 Å². The Morgan fingerprint density at radius 1 is 1.08 bits per heavy atom. The fraction of sp³-hybridized carbons (Fsp3) is 0.263. The Balaban J connectivity index is 1.96. The number of rotatable bonds is 6. The maximum Gasteiger partial charge on any atom is 0.416 e. The zero-order valence-electron chi connectivity index (χ0n) is 13.7. The lowest BCUT2D eigenvalue weighted by Crippen LogP contribution is -2.12. The summed E-state index contributed by atoms with van der Waals surface area (Å²) < 4.78 is 42.9. The van der Waals surface area contributed by atoms with Gasteiger partial charge in [-0.3, -0.25) is 0 Å². The summed E-state index contributed by atoms with van der Waals surface area (Å²) in [5, 5.41) is 3.29. The van der Waals surface area contributed by atoms with Crippen molar-refractivity contribution in [3.05, 3.63) is 66.2 Å². The van der Waals surface area contributed by atoms with Crippen LogP contribution in [-0.2, 0) is 6.18 Å². The number of hydrogen-bond acceptors (Lipinski definition) is 2. The fourth-order valence-electron chi connectivity index (χ4n) is 2.26. The smallest absolute Gasteiger partial charge is 0.416 e. The number of ether oxygens (including phenoxy) is 1. The van der Waals surface area contributed by atoms with E-state index < -0.39 is 11.7 Å². The van der Waals surface area contributed by atoms with Crippen LogP contribution in [0.5, 0.6) is 5.75 Å². The lowest BCUT2D eigenvalue weighted by molar-refractivity contribution is -0.137. The van der Waals surface area contributed by atoms with Crippen molar-refractivity contribution < 1.29 is 17.9 Å². The van der Waals surface area contributed by atoms with Crippen LogP contribution in [0.15, 0.2) is 55.1 Å². The van der Waals surface area contributed by atoms with Gasteiger partial charge in [0.15, 0.2) is 0 Å². The van der Waals surface area contributed by atoms with E-state index in [1.54, 1.807) is 7.11 Å². The molecule has 0 bridgehead atoms. The second kappa shape index (κ2) is 7.43. The molecule has 5 heteroatoms. The molecule has 0 aliphatic rings. The molecule has 0 saturated heterocycles. The molecule has 0 aliphatic heterocycles. The van der Waals surface area contributed by atoms with Crippen molar-refractivity contribution >= 4 is 11.3 Å². The Hall–Kier alpha value is -2.43. The quantitative estimate of drug-likeness (QED) is 0.755. The number of halogens is 3. The largest absolute Gasteiger partial charge is 0.497 e. The standard InChI is InChI=1S/C19H20F3NO/c1-13(12-23-17-8-10-18(24-3)11-9-17)14(2)15-4-6-16(7-5-15)19(20,21)22/h4-11,13,23H,2,12H2,1,3H3. The van der Waals surface area contributed by atoms with Crippen LogP contribution >= 0.6 is 0 Å². The molecule has 0 spiro atoms. The van der Waals surface area contributed by atoms with Crippen LogP contribution in [0.25, 0.3) is 5.57 Å². The first kappa shape index (κ1) is 17.9. The summed E-state index contributed by atoms with van der Waals surface area (Å²) in [6.07, 6.45) is -4.32. The molecule has 2 aromatic rings. The zero-order chi connectivity index (χ0) is 17.7. The van der Waals surface area contributed by atoms with Gasteiger partial charge in [0.1, 0.15) is 5.75 Å². The molecule has 1 unspecified atom stereocenters. The highest BCUT2D eigenvalue weighted by atomic mass is 19.4. The van der Waals surface area contributed by atoms with Crippen LogP contribution in [0.1, 0.15) is 18.1 Å². The van der Waals surface area contributed by atoms with Gasteiger partial charge in [-0.2, -0.15) is 13.2 Å². The first-order valence-corrected chi connectivity index (χ1v) is 7.55. The topological polar surface area (TPSA) is 21.3 Å². The predicted molar refractivity (Wildman–Crippen MR) is 91.1 cm³/mol. The molecular formula is C19H20F3NO. The normalized spacial score (nSPS) is 12.5. The molecule has 2 rings (SSSR count). The molecule has 2 nitrogen and oxygen atoms in total. The molecular weight excluding hydrogens is 315 g/mol. The second-order valence-corrected chi connectivity index (χ2v) is 5.61. The zero-order valence-corrected chi connectivity index (χ0v) is 13.7. The van der Waals surface area contributed by atoms with Crippen LogP contribution < -0.4 is 10.1 Å². The Morgan fingerprint density at radius 2 is 1.67 bits per heavy atom. The minimum absolute atomic E-state index is 0.0730. The third kappa shape index (κ3) is 4.54. The van der Waals surface area contributed by atoms with Gasteiger partial charge in [0.25, 0.3) is 0 Å². The maximum absolute atomic E-state index is 12.6. The van der Waals surface area contributed by atoms with Gasteiger partial charge in [-0.25, -0.2) is 0 Å². The molecule has 0 heterocycles. The number of hydrogen-bond donors (Lipinski definition) is 1. The van der Waals surface area contributed by atoms with E-state index >= 15 is 0 Å². The van der Waals surface area contributed by atoms with E-state index in [2.05, 4.69) is 11.9 Å². The number of alkyl halides is 3. The summed E-state index contributed by atoms with van der Waals surface area (Å²) in [4.78, 5) is 0. The Bertz CT molecular complexity index is 675. The highest BCUT2D eigenvalue weighted by Gasteiger charge is 2.30.